The van der Waals surface area contributed by atoms with E-state index in [1.165, 1.54) is 0 Å². The summed E-state index contributed by atoms with van der Waals surface area (Å²) < 4.78 is 5.92. The average molecular weight is 532 g/mol. The molecule has 0 radical (unpaired) electrons. The number of benzene rings is 2. The summed E-state index contributed by atoms with van der Waals surface area (Å²) in [6.45, 7) is 4.47. The highest BCUT2D eigenvalue weighted by molar-refractivity contribution is 6.36. The van der Waals surface area contributed by atoms with Gasteiger partial charge in [-0.05, 0) is 42.0 Å². The number of carbonyl (C=O) groups is 2. The minimum absolute atomic E-state index is 0.0526. The molecule has 0 spiro atoms. The molecule has 1 amide bonds. The van der Waals surface area contributed by atoms with E-state index in [1.54, 1.807) is 57.2 Å². The highest BCUT2D eigenvalue weighted by Crippen LogP contribution is 2.42. The Labute approximate surface area is 216 Å². The van der Waals surface area contributed by atoms with Crippen LogP contribution in [0.5, 0.6) is 0 Å². The number of aliphatic hydroxyl groups excluding tert-OH is 1. The molecule has 0 unspecified atom stereocenters. The van der Waals surface area contributed by atoms with Crippen molar-refractivity contribution in [2.24, 2.45) is 5.41 Å². The van der Waals surface area contributed by atoms with Gasteiger partial charge in [0.15, 0.2) is 5.76 Å². The summed E-state index contributed by atoms with van der Waals surface area (Å²) in [6.07, 6.45) is 0. The Morgan fingerprint density at radius 1 is 0.971 bits per heavy atom. The Kier molecular flexibility index (Phi) is 6.93. The van der Waals surface area contributed by atoms with Gasteiger partial charge < -0.3 is 14.8 Å². The maximum Gasteiger partial charge on any atom is 0.250 e. The minimum atomic E-state index is -0.798. The zero-order chi connectivity index (χ0) is 25.5. The lowest BCUT2D eigenvalue weighted by Crippen LogP contribution is -2.22. The molecule has 0 saturated heterocycles. The van der Waals surface area contributed by atoms with E-state index >= 15 is 0 Å². The first kappa shape index (κ1) is 25.2. The van der Waals surface area contributed by atoms with E-state index in [1.807, 2.05) is 12.1 Å². The number of halogens is 3. The molecule has 4 aromatic rings. The quantitative estimate of drug-likeness (QED) is 0.264. The fourth-order valence-electron chi connectivity index (χ4n) is 3.56. The summed E-state index contributed by atoms with van der Waals surface area (Å²) >= 11 is 18.7. The number of aromatic nitrogens is 1. The summed E-state index contributed by atoms with van der Waals surface area (Å²) in [6, 6.07) is 14.0. The SMILES string of the molecule is CC(C)(C)C(=O)c1oc2nc(-c3ccc(Cl)cc3Cl)c(-c3ccc(Cl)cc3)cc2c1NC(=O)CO. The van der Waals surface area contributed by atoms with Crippen molar-refractivity contribution in [1.29, 1.82) is 0 Å². The van der Waals surface area contributed by atoms with Crippen LogP contribution >= 0.6 is 34.8 Å². The van der Waals surface area contributed by atoms with Gasteiger partial charge in [0.1, 0.15) is 12.3 Å². The van der Waals surface area contributed by atoms with E-state index in [-0.39, 0.29) is 22.9 Å². The summed E-state index contributed by atoms with van der Waals surface area (Å²) in [7, 11) is 0. The number of nitrogens with zero attached hydrogens (tertiary/aromatic N) is 1. The largest absolute Gasteiger partial charge is 0.432 e. The highest BCUT2D eigenvalue weighted by Gasteiger charge is 2.32. The van der Waals surface area contributed by atoms with Gasteiger partial charge in [0.2, 0.25) is 17.4 Å². The molecule has 180 valence electrons. The molecule has 9 heteroatoms. The first-order valence-corrected chi connectivity index (χ1v) is 11.8. The van der Waals surface area contributed by atoms with E-state index in [2.05, 4.69) is 5.32 Å². The first-order chi connectivity index (χ1) is 16.5. The number of aliphatic hydroxyl groups is 1. The molecule has 0 bridgehead atoms. The van der Waals surface area contributed by atoms with Gasteiger partial charge in [0.05, 0.1) is 16.1 Å². The average Bonchev–Trinajstić information content (AvgIpc) is 3.14. The number of ketones is 1. The summed E-state index contributed by atoms with van der Waals surface area (Å²) in [5.74, 6) is -1.07. The van der Waals surface area contributed by atoms with Crippen molar-refractivity contribution < 1.29 is 19.1 Å². The number of amides is 1. The molecule has 0 fully saturated rings. The van der Waals surface area contributed by atoms with E-state index in [0.717, 1.165) is 5.56 Å². The lowest BCUT2D eigenvalue weighted by Gasteiger charge is -2.15. The number of nitrogens with one attached hydrogen (secondary N) is 1. The number of rotatable bonds is 5. The summed E-state index contributed by atoms with van der Waals surface area (Å²) in [4.78, 5) is 30.0. The van der Waals surface area contributed by atoms with Crippen molar-refractivity contribution in [2.75, 3.05) is 11.9 Å². The molecule has 0 aliphatic heterocycles. The molecule has 2 aromatic carbocycles. The Morgan fingerprint density at radius 3 is 2.23 bits per heavy atom. The third-order valence-corrected chi connectivity index (χ3v) is 6.12. The van der Waals surface area contributed by atoms with Crippen LogP contribution in [0.15, 0.2) is 52.9 Å². The molecule has 4 rings (SSSR count). The third kappa shape index (κ3) is 5.07. The standard InChI is InChI=1S/C26H21Cl3N2O4/c1-26(2,3)24(34)23-22(30-20(33)12-32)18-11-17(13-4-6-14(27)7-5-13)21(31-25(18)35-23)16-9-8-15(28)10-19(16)29/h4-11,32H,12H2,1-3H3,(H,30,33). The van der Waals surface area contributed by atoms with Gasteiger partial charge in [-0.1, -0.05) is 67.7 Å². The van der Waals surface area contributed by atoms with Gasteiger partial charge in [-0.2, -0.15) is 0 Å². The second-order valence-corrected chi connectivity index (χ2v) is 10.2. The van der Waals surface area contributed by atoms with Crippen molar-refractivity contribution >= 4 is 63.3 Å². The van der Waals surface area contributed by atoms with Crippen LogP contribution in [0.2, 0.25) is 15.1 Å². The molecule has 0 aliphatic rings. The Hall–Kier alpha value is -2.90. The van der Waals surface area contributed by atoms with E-state index in [9.17, 15) is 14.7 Å². The van der Waals surface area contributed by atoms with Crippen molar-refractivity contribution in [3.8, 4) is 22.4 Å². The lowest BCUT2D eigenvalue weighted by molar-refractivity contribution is -0.118. The molecule has 2 heterocycles. The molecule has 35 heavy (non-hydrogen) atoms. The van der Waals surface area contributed by atoms with Crippen molar-refractivity contribution in [3.05, 3.63) is 69.4 Å². The molecular formula is C26H21Cl3N2O4. The molecule has 2 aromatic heterocycles. The van der Waals surface area contributed by atoms with E-state index in [0.29, 0.717) is 37.3 Å². The smallest absolute Gasteiger partial charge is 0.250 e. The van der Waals surface area contributed by atoms with Crippen molar-refractivity contribution in [2.45, 2.75) is 20.8 Å². The molecule has 2 N–H and O–H groups in total. The van der Waals surface area contributed by atoms with Crippen LogP contribution in [0.1, 0.15) is 31.3 Å². The molecular weight excluding hydrogens is 511 g/mol. The van der Waals surface area contributed by atoms with Gasteiger partial charge in [-0.25, -0.2) is 4.98 Å². The van der Waals surface area contributed by atoms with Gasteiger partial charge in [-0.3, -0.25) is 9.59 Å². The number of furan rings is 1. The predicted octanol–water partition coefficient (Wildman–Crippen LogP) is 7.28. The lowest BCUT2D eigenvalue weighted by atomic mass is 9.88. The third-order valence-electron chi connectivity index (χ3n) is 5.32. The Morgan fingerprint density at radius 2 is 1.63 bits per heavy atom. The number of anilines is 1. The molecule has 0 atom stereocenters. The van der Waals surface area contributed by atoms with E-state index in [4.69, 9.17) is 44.2 Å². The van der Waals surface area contributed by atoms with E-state index < -0.39 is 17.9 Å². The van der Waals surface area contributed by atoms with Crippen LogP contribution in [0.25, 0.3) is 33.5 Å². The van der Waals surface area contributed by atoms with Crippen LogP contribution in [-0.4, -0.2) is 28.4 Å². The molecule has 6 nitrogen and oxygen atoms in total. The second-order valence-electron chi connectivity index (χ2n) is 8.96. The normalized spacial score (nSPS) is 11.6. The van der Waals surface area contributed by atoms with Crippen LogP contribution in [0.4, 0.5) is 5.69 Å². The van der Waals surface area contributed by atoms with Crippen LogP contribution < -0.4 is 5.32 Å². The summed E-state index contributed by atoms with van der Waals surface area (Å²) in [5.41, 5.74) is 2.00. The second kappa shape index (κ2) is 9.63. The topological polar surface area (TPSA) is 92.4 Å². The molecule has 0 saturated carbocycles. The van der Waals surface area contributed by atoms with Gasteiger partial charge >= 0.3 is 0 Å². The highest BCUT2D eigenvalue weighted by atomic mass is 35.5. The van der Waals surface area contributed by atoms with Crippen molar-refractivity contribution in [3.63, 3.8) is 0 Å². The monoisotopic (exact) mass is 530 g/mol. The summed E-state index contributed by atoms with van der Waals surface area (Å²) in [5, 5.41) is 13.7. The van der Waals surface area contributed by atoms with Crippen molar-refractivity contribution in [1.82, 2.24) is 4.98 Å². The van der Waals surface area contributed by atoms with Crippen LogP contribution in [0.3, 0.4) is 0 Å². The first-order valence-electron chi connectivity index (χ1n) is 10.6. The predicted molar refractivity (Wildman–Crippen MR) is 139 cm³/mol. The molecule has 0 aliphatic carbocycles. The minimum Gasteiger partial charge on any atom is -0.432 e. The number of pyridine rings is 1. The fourth-order valence-corrected chi connectivity index (χ4v) is 4.19. The van der Waals surface area contributed by atoms with Gasteiger partial charge in [-0.15, -0.1) is 0 Å². The maximum atomic E-state index is 13.2. The number of fused-ring (bicyclic) bond motifs is 1. The maximum absolute atomic E-state index is 13.2. The number of Topliss-reactive ketones (excluding diaryl/α,β-unsaturated/α-hetero) is 1. The Balaban J connectivity index is 2.07. The van der Waals surface area contributed by atoms with Gasteiger partial charge in [0, 0.05) is 26.6 Å². The Bertz CT molecular complexity index is 1450. The fraction of sp³-hybridized carbons (Fsp3) is 0.192. The van der Waals surface area contributed by atoms with Gasteiger partial charge in [0.25, 0.3) is 0 Å². The number of hydrogen-bond acceptors (Lipinski definition) is 5. The number of hydrogen-bond donors (Lipinski definition) is 2. The number of carbonyl (C=O) groups excluding carboxylic acids is 2. The van der Waals surface area contributed by atoms with Crippen LogP contribution in [0, 0.1) is 5.41 Å². The zero-order valence-corrected chi connectivity index (χ0v) is 21.3. The zero-order valence-electron chi connectivity index (χ0n) is 19.1. The van der Waals surface area contributed by atoms with Crippen LogP contribution in [-0.2, 0) is 4.79 Å².